The van der Waals surface area contributed by atoms with Gasteiger partial charge >= 0.3 is 5.97 Å². The first-order chi connectivity index (χ1) is 15.8. The Bertz CT molecular complexity index is 772. The van der Waals surface area contributed by atoms with Gasteiger partial charge in [0.05, 0.1) is 24.7 Å². The molecule has 0 radical (unpaired) electrons. The molecular formula is C28H44O5. The van der Waals surface area contributed by atoms with E-state index in [1.807, 2.05) is 6.92 Å². The van der Waals surface area contributed by atoms with Crippen LogP contribution in [0.5, 0.6) is 0 Å². The first kappa shape index (κ1) is 23.8. The third-order valence-electron chi connectivity index (χ3n) is 10.6. The van der Waals surface area contributed by atoms with Gasteiger partial charge in [-0.2, -0.15) is 0 Å². The van der Waals surface area contributed by atoms with E-state index >= 15 is 0 Å². The molecule has 3 saturated carbocycles. The molecule has 0 unspecified atom stereocenters. The minimum Gasteiger partial charge on any atom is -0.466 e. The SMILES string of the molecule is CCOC(=O)C[C@@]1(O)CC[C@H]2[C@@H]3CC=C4C[C@H](O[C@@H]5CCCCO5)CC[C@]4(C)[C@H]3CC[C@@]21C. The Morgan fingerprint density at radius 3 is 2.70 bits per heavy atom. The van der Waals surface area contributed by atoms with E-state index in [0.29, 0.717) is 30.5 Å². The summed E-state index contributed by atoms with van der Waals surface area (Å²) in [5.41, 5.74) is 0.741. The van der Waals surface area contributed by atoms with Crippen LogP contribution in [0.2, 0.25) is 0 Å². The van der Waals surface area contributed by atoms with Crippen LogP contribution in [0.1, 0.15) is 97.8 Å². The molecule has 0 spiro atoms. The van der Waals surface area contributed by atoms with Crippen molar-refractivity contribution >= 4 is 5.97 Å². The molecular weight excluding hydrogens is 416 g/mol. The number of ether oxygens (including phenoxy) is 3. The highest BCUT2D eigenvalue weighted by atomic mass is 16.7. The standard InChI is InChI=1S/C28H44O5/c1-4-31-24(29)18-28(30)15-12-23-21-9-8-19-17-20(33-25-7-5-6-16-32-25)10-13-26(19,2)22(21)11-14-27(23,28)3/h8,20-23,25,30H,4-7,9-18H2,1-3H3/t20-,21-,22+,23+,25-,26+,27+,28+/m1/s1. The number of esters is 1. The molecule has 4 aliphatic carbocycles. The molecule has 1 N–H and O–H groups in total. The predicted molar refractivity (Wildman–Crippen MR) is 126 cm³/mol. The van der Waals surface area contributed by atoms with Crippen LogP contribution in [-0.4, -0.2) is 42.3 Å². The number of carbonyl (C=O) groups excluding carboxylic acids is 1. The first-order valence-electron chi connectivity index (χ1n) is 13.6. The molecule has 5 nitrogen and oxygen atoms in total. The highest BCUT2D eigenvalue weighted by Crippen LogP contribution is 2.67. The Morgan fingerprint density at radius 1 is 1.12 bits per heavy atom. The minimum absolute atomic E-state index is 0.00371. The van der Waals surface area contributed by atoms with E-state index in [9.17, 15) is 9.90 Å². The Kier molecular flexibility index (Phi) is 6.46. The molecule has 33 heavy (non-hydrogen) atoms. The van der Waals surface area contributed by atoms with Crippen LogP contribution in [0.15, 0.2) is 11.6 Å². The lowest BCUT2D eigenvalue weighted by Gasteiger charge is -2.59. The van der Waals surface area contributed by atoms with Crippen LogP contribution in [0, 0.1) is 28.6 Å². The van der Waals surface area contributed by atoms with Gasteiger partial charge in [0.1, 0.15) is 0 Å². The van der Waals surface area contributed by atoms with Crippen molar-refractivity contribution in [1.29, 1.82) is 0 Å². The van der Waals surface area contributed by atoms with E-state index in [2.05, 4.69) is 19.9 Å². The van der Waals surface area contributed by atoms with Gasteiger partial charge in [-0.1, -0.05) is 25.5 Å². The molecule has 1 aliphatic heterocycles. The molecule has 0 amide bonds. The maximum Gasteiger partial charge on any atom is 0.308 e. The molecule has 0 bridgehead atoms. The monoisotopic (exact) mass is 460 g/mol. The number of hydrogen-bond donors (Lipinski definition) is 1. The lowest BCUT2D eigenvalue weighted by Crippen LogP contribution is -2.55. The summed E-state index contributed by atoms with van der Waals surface area (Å²) in [6, 6.07) is 0. The van der Waals surface area contributed by atoms with Crippen molar-refractivity contribution in [3.05, 3.63) is 11.6 Å². The van der Waals surface area contributed by atoms with E-state index < -0.39 is 5.60 Å². The second-order valence-electron chi connectivity index (χ2n) is 12.1. The van der Waals surface area contributed by atoms with Crippen LogP contribution in [-0.2, 0) is 19.0 Å². The zero-order valence-corrected chi connectivity index (χ0v) is 20.9. The summed E-state index contributed by atoms with van der Waals surface area (Å²) in [5, 5.41) is 11.7. The molecule has 4 fully saturated rings. The number of hydrogen-bond acceptors (Lipinski definition) is 5. The fourth-order valence-corrected chi connectivity index (χ4v) is 8.63. The summed E-state index contributed by atoms with van der Waals surface area (Å²) in [7, 11) is 0. The number of fused-ring (bicyclic) bond motifs is 5. The fourth-order valence-electron chi connectivity index (χ4n) is 8.63. The maximum absolute atomic E-state index is 12.3. The van der Waals surface area contributed by atoms with Crippen molar-refractivity contribution in [2.24, 2.45) is 28.6 Å². The summed E-state index contributed by atoms with van der Waals surface area (Å²) in [4.78, 5) is 12.3. The van der Waals surface area contributed by atoms with Crippen molar-refractivity contribution in [2.75, 3.05) is 13.2 Å². The van der Waals surface area contributed by atoms with E-state index in [0.717, 1.165) is 64.4 Å². The zero-order chi connectivity index (χ0) is 23.3. The third kappa shape index (κ3) is 4.00. The molecule has 0 aromatic heterocycles. The summed E-state index contributed by atoms with van der Waals surface area (Å²) in [5.74, 6) is 1.51. The van der Waals surface area contributed by atoms with Gasteiger partial charge < -0.3 is 19.3 Å². The van der Waals surface area contributed by atoms with E-state index in [1.54, 1.807) is 5.57 Å². The van der Waals surface area contributed by atoms with Crippen LogP contribution in [0.3, 0.4) is 0 Å². The number of carbonyl (C=O) groups is 1. The number of rotatable bonds is 5. The van der Waals surface area contributed by atoms with Gasteiger partial charge in [-0.25, -0.2) is 0 Å². The lowest BCUT2D eigenvalue weighted by atomic mass is 9.47. The molecule has 1 saturated heterocycles. The summed E-state index contributed by atoms with van der Waals surface area (Å²) >= 11 is 0. The van der Waals surface area contributed by atoms with Gasteiger partial charge in [0.25, 0.3) is 0 Å². The second-order valence-corrected chi connectivity index (χ2v) is 12.1. The summed E-state index contributed by atoms with van der Waals surface area (Å²) in [6.07, 6.45) is 14.7. The van der Waals surface area contributed by atoms with Crippen molar-refractivity contribution < 1.29 is 24.1 Å². The van der Waals surface area contributed by atoms with Gasteiger partial charge in [-0.3, -0.25) is 4.79 Å². The quantitative estimate of drug-likeness (QED) is 0.431. The Morgan fingerprint density at radius 2 is 1.94 bits per heavy atom. The van der Waals surface area contributed by atoms with Crippen molar-refractivity contribution in [3.63, 3.8) is 0 Å². The number of allylic oxidation sites excluding steroid dienone is 1. The average molecular weight is 461 g/mol. The first-order valence-corrected chi connectivity index (χ1v) is 13.6. The van der Waals surface area contributed by atoms with Crippen molar-refractivity contribution in [1.82, 2.24) is 0 Å². The molecule has 5 aliphatic rings. The van der Waals surface area contributed by atoms with Crippen LogP contribution in [0.25, 0.3) is 0 Å². The zero-order valence-electron chi connectivity index (χ0n) is 20.9. The van der Waals surface area contributed by atoms with E-state index in [4.69, 9.17) is 14.2 Å². The molecule has 5 heteroatoms. The Labute approximate surface area is 199 Å². The van der Waals surface area contributed by atoms with Gasteiger partial charge in [-0.05, 0) is 106 Å². The second kappa shape index (κ2) is 8.95. The van der Waals surface area contributed by atoms with Crippen LogP contribution in [0.4, 0.5) is 0 Å². The van der Waals surface area contributed by atoms with Gasteiger partial charge in [0, 0.05) is 6.61 Å². The third-order valence-corrected chi connectivity index (χ3v) is 10.6. The molecule has 0 aromatic carbocycles. The van der Waals surface area contributed by atoms with Crippen molar-refractivity contribution in [2.45, 2.75) is 116 Å². The minimum atomic E-state index is -0.925. The van der Waals surface area contributed by atoms with Gasteiger partial charge in [0.15, 0.2) is 6.29 Å². The molecule has 5 rings (SSSR count). The van der Waals surface area contributed by atoms with Gasteiger partial charge in [0.2, 0.25) is 0 Å². The van der Waals surface area contributed by atoms with E-state index in [1.165, 1.54) is 12.8 Å². The van der Waals surface area contributed by atoms with E-state index in [-0.39, 0.29) is 29.5 Å². The smallest absolute Gasteiger partial charge is 0.308 e. The van der Waals surface area contributed by atoms with Crippen LogP contribution >= 0.6 is 0 Å². The fraction of sp³-hybridized carbons (Fsp3) is 0.893. The summed E-state index contributed by atoms with van der Waals surface area (Å²) in [6.45, 7) is 7.82. The Balaban J connectivity index is 1.30. The van der Waals surface area contributed by atoms with Crippen LogP contribution < -0.4 is 0 Å². The molecule has 8 atom stereocenters. The highest BCUT2D eigenvalue weighted by molar-refractivity contribution is 5.71. The van der Waals surface area contributed by atoms with Gasteiger partial charge in [-0.15, -0.1) is 0 Å². The topological polar surface area (TPSA) is 65.0 Å². The average Bonchev–Trinajstić information content (AvgIpc) is 3.05. The Hall–Kier alpha value is -0.910. The molecule has 0 aromatic rings. The highest BCUT2D eigenvalue weighted by Gasteiger charge is 2.64. The lowest BCUT2D eigenvalue weighted by molar-refractivity contribution is -0.195. The predicted octanol–water partition coefficient (Wildman–Crippen LogP) is 5.55. The normalized spacial score (nSPS) is 47.2. The molecule has 1 heterocycles. The largest absolute Gasteiger partial charge is 0.466 e. The maximum atomic E-state index is 12.3. The molecule has 186 valence electrons. The summed E-state index contributed by atoms with van der Waals surface area (Å²) < 4.78 is 17.5. The number of aliphatic hydroxyl groups is 1. The van der Waals surface area contributed by atoms with Crippen molar-refractivity contribution in [3.8, 4) is 0 Å².